The van der Waals surface area contributed by atoms with E-state index in [0.717, 1.165) is 0 Å². The molecule has 0 aromatic rings. The number of rotatable bonds is 5. The van der Waals surface area contributed by atoms with Gasteiger partial charge in [0, 0.05) is 0 Å². The minimum atomic E-state index is 1.74. The van der Waals surface area contributed by atoms with E-state index in [4.69, 9.17) is 0 Å². The highest BCUT2D eigenvalue weighted by molar-refractivity contribution is 5.18. The van der Waals surface area contributed by atoms with Crippen molar-refractivity contribution in [1.29, 1.82) is 0 Å². The van der Waals surface area contributed by atoms with Crippen molar-refractivity contribution in [2.45, 2.75) is 0 Å². The van der Waals surface area contributed by atoms with Crippen LogP contribution in [-0.4, -0.2) is 0 Å². The van der Waals surface area contributed by atoms with Gasteiger partial charge in [0.2, 0.25) is 0 Å². The summed E-state index contributed by atoms with van der Waals surface area (Å²) in [7, 11) is 0. The van der Waals surface area contributed by atoms with Crippen LogP contribution in [0, 0.1) is 0 Å². The topological polar surface area (TPSA) is 0 Å². The van der Waals surface area contributed by atoms with Gasteiger partial charge in [-0.05, 0) is 0 Å². The Balaban J connectivity index is 3.65. The molecule has 0 saturated heterocycles. The molecule has 62 valence electrons. The van der Waals surface area contributed by atoms with Gasteiger partial charge in [-0.25, -0.2) is 0 Å². The van der Waals surface area contributed by atoms with Crippen LogP contribution < -0.4 is 0 Å². The van der Waals surface area contributed by atoms with Gasteiger partial charge in [0.15, 0.2) is 0 Å². The lowest BCUT2D eigenvalue weighted by Crippen LogP contribution is -1.50. The largest absolute Gasteiger partial charge is 0.0991 e. The molecule has 0 atom stereocenters. The van der Waals surface area contributed by atoms with Gasteiger partial charge in [-0.1, -0.05) is 73.9 Å². The SMILES string of the molecule is C=CC=CC=C/C=C/C=C/C=C. The van der Waals surface area contributed by atoms with Gasteiger partial charge in [0.05, 0.1) is 0 Å². The summed E-state index contributed by atoms with van der Waals surface area (Å²) in [4.78, 5) is 0. The first-order chi connectivity index (χ1) is 5.91. The summed E-state index contributed by atoms with van der Waals surface area (Å²) in [6.07, 6.45) is 18.9. The molecule has 0 aliphatic heterocycles. The average Bonchev–Trinajstić information content (AvgIpc) is 2.10. The first-order valence-corrected chi connectivity index (χ1v) is 3.82. The zero-order valence-corrected chi connectivity index (χ0v) is 7.19. The monoisotopic (exact) mass is 158 g/mol. The van der Waals surface area contributed by atoms with Gasteiger partial charge in [0.25, 0.3) is 0 Å². The van der Waals surface area contributed by atoms with E-state index in [1.165, 1.54) is 0 Å². The standard InChI is InChI=1S/C12H14/c1-3-5-7-9-11-12-10-8-6-4-2/h3-12H,1-2H2/b7-5+,8-6?,11-9+,12-10?. The molecule has 0 amide bonds. The average molecular weight is 158 g/mol. The van der Waals surface area contributed by atoms with E-state index < -0.39 is 0 Å². The van der Waals surface area contributed by atoms with E-state index in [1.807, 2.05) is 48.6 Å². The molecule has 0 radical (unpaired) electrons. The third kappa shape index (κ3) is 8.44. The fourth-order valence-electron chi connectivity index (χ4n) is 0.542. The van der Waals surface area contributed by atoms with Gasteiger partial charge in [-0.3, -0.25) is 0 Å². The van der Waals surface area contributed by atoms with Crippen LogP contribution in [0.2, 0.25) is 0 Å². The maximum atomic E-state index is 3.56. The molecule has 0 fully saturated rings. The molecular weight excluding hydrogens is 144 g/mol. The van der Waals surface area contributed by atoms with E-state index >= 15 is 0 Å². The summed E-state index contributed by atoms with van der Waals surface area (Å²) in [5.74, 6) is 0. The molecule has 0 aromatic carbocycles. The van der Waals surface area contributed by atoms with Gasteiger partial charge in [-0.2, -0.15) is 0 Å². The quantitative estimate of drug-likeness (QED) is 0.536. The zero-order chi connectivity index (χ0) is 9.07. The van der Waals surface area contributed by atoms with Crippen molar-refractivity contribution in [2.24, 2.45) is 0 Å². The summed E-state index contributed by atoms with van der Waals surface area (Å²) in [6.45, 7) is 7.12. The molecule has 0 bridgehead atoms. The van der Waals surface area contributed by atoms with Crippen molar-refractivity contribution < 1.29 is 0 Å². The Morgan fingerprint density at radius 3 is 0.917 bits per heavy atom. The second-order valence-corrected chi connectivity index (χ2v) is 2.01. The molecule has 0 saturated carbocycles. The second-order valence-electron chi connectivity index (χ2n) is 2.01. The van der Waals surface area contributed by atoms with Crippen LogP contribution in [0.4, 0.5) is 0 Å². The van der Waals surface area contributed by atoms with E-state index in [9.17, 15) is 0 Å². The van der Waals surface area contributed by atoms with Crippen molar-refractivity contribution in [1.82, 2.24) is 0 Å². The highest BCUT2D eigenvalue weighted by Gasteiger charge is 1.60. The lowest BCUT2D eigenvalue weighted by Gasteiger charge is -1.72. The van der Waals surface area contributed by atoms with Crippen LogP contribution in [0.1, 0.15) is 0 Å². The number of hydrogen-bond acceptors (Lipinski definition) is 0. The van der Waals surface area contributed by atoms with Crippen molar-refractivity contribution in [3.05, 3.63) is 73.9 Å². The Morgan fingerprint density at radius 1 is 0.417 bits per heavy atom. The Bertz CT molecular complexity index is 198. The number of allylic oxidation sites excluding steroid dienone is 10. The highest BCUT2D eigenvalue weighted by Crippen LogP contribution is 1.82. The molecule has 12 heavy (non-hydrogen) atoms. The number of hydrogen-bond donors (Lipinski definition) is 0. The van der Waals surface area contributed by atoms with E-state index in [2.05, 4.69) is 13.2 Å². The highest BCUT2D eigenvalue weighted by atomic mass is 13.7. The predicted octanol–water partition coefficient (Wildman–Crippen LogP) is 3.58. The first-order valence-electron chi connectivity index (χ1n) is 3.82. The minimum Gasteiger partial charge on any atom is -0.0991 e. The summed E-state index contributed by atoms with van der Waals surface area (Å²) in [6, 6.07) is 0. The van der Waals surface area contributed by atoms with Gasteiger partial charge in [0.1, 0.15) is 0 Å². The van der Waals surface area contributed by atoms with Crippen molar-refractivity contribution >= 4 is 0 Å². The smallest absolute Gasteiger partial charge is 0.0623 e. The zero-order valence-electron chi connectivity index (χ0n) is 7.19. The summed E-state index contributed by atoms with van der Waals surface area (Å²) >= 11 is 0. The van der Waals surface area contributed by atoms with Crippen LogP contribution in [0.3, 0.4) is 0 Å². The predicted molar refractivity (Wildman–Crippen MR) is 57.0 cm³/mol. The Kier molecular flexibility index (Phi) is 8.21. The maximum absolute atomic E-state index is 3.56. The molecule has 0 N–H and O–H groups in total. The molecule has 0 unspecified atom stereocenters. The summed E-state index contributed by atoms with van der Waals surface area (Å²) in [5, 5.41) is 0. The van der Waals surface area contributed by atoms with Crippen LogP contribution in [0.5, 0.6) is 0 Å². The van der Waals surface area contributed by atoms with Crippen LogP contribution in [0.15, 0.2) is 73.9 Å². The molecule has 0 aliphatic rings. The van der Waals surface area contributed by atoms with Crippen molar-refractivity contribution in [3.8, 4) is 0 Å². The molecule has 0 heteroatoms. The fraction of sp³-hybridized carbons (Fsp3) is 0. The summed E-state index contributed by atoms with van der Waals surface area (Å²) in [5.41, 5.74) is 0. The lowest BCUT2D eigenvalue weighted by atomic mass is 10.4. The minimum absolute atomic E-state index is 1.74. The first kappa shape index (κ1) is 10.4. The molecule has 0 aromatic heterocycles. The van der Waals surface area contributed by atoms with Crippen LogP contribution in [-0.2, 0) is 0 Å². The Labute approximate surface area is 74.6 Å². The lowest BCUT2D eigenvalue weighted by molar-refractivity contribution is 1.86. The molecule has 0 heterocycles. The van der Waals surface area contributed by atoms with Crippen LogP contribution in [0.25, 0.3) is 0 Å². The third-order valence-electron chi connectivity index (χ3n) is 1.05. The molecule has 0 spiro atoms. The van der Waals surface area contributed by atoms with Gasteiger partial charge in [-0.15, -0.1) is 0 Å². The van der Waals surface area contributed by atoms with Gasteiger partial charge < -0.3 is 0 Å². The van der Waals surface area contributed by atoms with E-state index in [0.29, 0.717) is 0 Å². The molecular formula is C12H14. The molecule has 0 aliphatic carbocycles. The maximum Gasteiger partial charge on any atom is -0.0623 e. The van der Waals surface area contributed by atoms with Crippen molar-refractivity contribution in [2.75, 3.05) is 0 Å². The van der Waals surface area contributed by atoms with Crippen LogP contribution >= 0.6 is 0 Å². The molecule has 0 nitrogen and oxygen atoms in total. The van der Waals surface area contributed by atoms with Crippen molar-refractivity contribution in [3.63, 3.8) is 0 Å². The summed E-state index contributed by atoms with van der Waals surface area (Å²) < 4.78 is 0. The third-order valence-corrected chi connectivity index (χ3v) is 1.05. The molecule has 0 rings (SSSR count). The fourth-order valence-corrected chi connectivity index (χ4v) is 0.542. The Hall–Kier alpha value is -1.56. The van der Waals surface area contributed by atoms with Gasteiger partial charge >= 0.3 is 0 Å². The second kappa shape index (κ2) is 9.44. The normalized spacial score (nSPS) is 12.3. The van der Waals surface area contributed by atoms with E-state index in [-0.39, 0.29) is 0 Å². The van der Waals surface area contributed by atoms with E-state index in [1.54, 1.807) is 12.2 Å². The Morgan fingerprint density at radius 2 is 0.667 bits per heavy atom.